The fourth-order valence-corrected chi connectivity index (χ4v) is 2.95. The Morgan fingerprint density at radius 1 is 1.03 bits per heavy atom. The zero-order valence-electron chi connectivity index (χ0n) is 15.0. The van der Waals surface area contributed by atoms with Crippen molar-refractivity contribution in [2.24, 2.45) is 5.10 Å². The van der Waals surface area contributed by atoms with Gasteiger partial charge in [0, 0.05) is 17.4 Å². The molecule has 1 amide bonds. The molecule has 0 unspecified atom stereocenters. The van der Waals surface area contributed by atoms with Crippen LogP contribution >= 0.6 is 23.2 Å². The topological polar surface area (TPSA) is 66.4 Å². The normalized spacial score (nSPS) is 11.5. The average molecular weight is 453 g/mol. The van der Waals surface area contributed by atoms with Gasteiger partial charge in [0.25, 0.3) is 5.91 Å². The zero-order valence-corrected chi connectivity index (χ0v) is 16.6. The summed E-state index contributed by atoms with van der Waals surface area (Å²) >= 11 is 12.1. The summed E-state index contributed by atoms with van der Waals surface area (Å²) < 4.78 is 38.6. The molecule has 1 aromatic heterocycles. The monoisotopic (exact) mass is 452 g/mol. The van der Waals surface area contributed by atoms with Crippen molar-refractivity contribution in [1.82, 2.24) is 10.4 Å². The summed E-state index contributed by atoms with van der Waals surface area (Å²) in [5.41, 5.74) is 2.33. The molecule has 0 aliphatic heterocycles. The van der Waals surface area contributed by atoms with Gasteiger partial charge in [0.15, 0.2) is 0 Å². The first-order valence-corrected chi connectivity index (χ1v) is 9.18. The molecule has 0 aliphatic rings. The van der Waals surface area contributed by atoms with Crippen molar-refractivity contribution in [2.75, 3.05) is 5.32 Å². The number of nitrogens with zero attached hydrogens (tertiary/aromatic N) is 2. The number of rotatable bonds is 5. The number of benzene rings is 2. The molecule has 0 saturated carbocycles. The van der Waals surface area contributed by atoms with E-state index in [0.29, 0.717) is 21.3 Å². The highest BCUT2D eigenvalue weighted by Gasteiger charge is 2.32. The Morgan fingerprint density at radius 2 is 1.73 bits per heavy atom. The predicted molar refractivity (Wildman–Crippen MR) is 110 cm³/mol. The van der Waals surface area contributed by atoms with Crippen molar-refractivity contribution < 1.29 is 18.0 Å². The van der Waals surface area contributed by atoms with Crippen LogP contribution in [-0.4, -0.2) is 17.1 Å². The summed E-state index contributed by atoms with van der Waals surface area (Å²) in [6, 6.07) is 13.4. The second-order valence-electron chi connectivity index (χ2n) is 5.93. The molecule has 0 spiro atoms. The largest absolute Gasteiger partial charge is 0.433 e. The highest BCUT2D eigenvalue weighted by molar-refractivity contribution is 6.38. The fraction of sp³-hybridized carbons (Fsp3) is 0.0500. The van der Waals surface area contributed by atoms with E-state index in [9.17, 15) is 18.0 Å². The number of carbonyl (C=O) groups is 1. The van der Waals surface area contributed by atoms with Crippen LogP contribution in [0.15, 0.2) is 65.9 Å². The average Bonchev–Trinajstić information content (AvgIpc) is 2.70. The van der Waals surface area contributed by atoms with E-state index >= 15 is 0 Å². The van der Waals surface area contributed by atoms with E-state index in [-0.39, 0.29) is 11.3 Å². The standard InChI is InChI=1S/C20H13Cl2F3N4O/c21-15-5-3-6-16(22)14(15)11-27-29-19(30)13-4-1-2-7-17(13)28-12-8-9-26-18(10-12)20(23,24)25/h1-11H,(H,26,28)(H,29,30)/b27-11+. The molecule has 0 saturated heterocycles. The second-order valence-corrected chi connectivity index (χ2v) is 6.75. The molecule has 154 valence electrons. The van der Waals surface area contributed by atoms with Gasteiger partial charge in [-0.3, -0.25) is 9.78 Å². The maximum absolute atomic E-state index is 12.9. The van der Waals surface area contributed by atoms with Crippen molar-refractivity contribution in [3.8, 4) is 0 Å². The minimum Gasteiger partial charge on any atom is -0.355 e. The molecule has 0 fully saturated rings. The lowest BCUT2D eigenvalue weighted by Crippen LogP contribution is -2.19. The number of para-hydroxylation sites is 1. The zero-order chi connectivity index (χ0) is 21.7. The van der Waals surface area contributed by atoms with Crippen LogP contribution in [0.25, 0.3) is 0 Å². The minimum atomic E-state index is -4.58. The Labute approximate surface area is 179 Å². The van der Waals surface area contributed by atoms with E-state index in [1.54, 1.807) is 36.4 Å². The van der Waals surface area contributed by atoms with Crippen molar-refractivity contribution >= 4 is 46.7 Å². The molecule has 3 rings (SSSR count). The molecule has 1 heterocycles. The summed E-state index contributed by atoms with van der Waals surface area (Å²) in [5.74, 6) is -0.581. The Kier molecular flexibility index (Phi) is 6.59. The predicted octanol–water partition coefficient (Wildman–Crippen LogP) is 5.91. The van der Waals surface area contributed by atoms with Gasteiger partial charge >= 0.3 is 6.18 Å². The van der Waals surface area contributed by atoms with Gasteiger partial charge in [0.1, 0.15) is 5.69 Å². The molecule has 2 aromatic carbocycles. The van der Waals surface area contributed by atoms with Gasteiger partial charge in [0.2, 0.25) is 0 Å². The number of nitrogens with one attached hydrogen (secondary N) is 2. The van der Waals surface area contributed by atoms with Crippen molar-refractivity contribution in [3.05, 3.63) is 87.7 Å². The lowest BCUT2D eigenvalue weighted by molar-refractivity contribution is -0.141. The Morgan fingerprint density at radius 3 is 2.43 bits per heavy atom. The number of amides is 1. The SMILES string of the molecule is O=C(N/N=C/c1c(Cl)cccc1Cl)c1ccccc1Nc1ccnc(C(F)(F)F)c1. The summed E-state index contributed by atoms with van der Waals surface area (Å²) in [4.78, 5) is 15.8. The number of carbonyl (C=O) groups excluding carboxylic acids is 1. The number of pyridine rings is 1. The van der Waals surface area contributed by atoms with Crippen LogP contribution in [0.3, 0.4) is 0 Å². The molecule has 2 N–H and O–H groups in total. The molecular weight excluding hydrogens is 440 g/mol. The lowest BCUT2D eigenvalue weighted by atomic mass is 10.1. The Balaban J connectivity index is 1.78. The van der Waals surface area contributed by atoms with Gasteiger partial charge in [-0.2, -0.15) is 18.3 Å². The number of halogens is 5. The van der Waals surface area contributed by atoms with E-state index in [0.717, 1.165) is 12.3 Å². The van der Waals surface area contributed by atoms with E-state index in [4.69, 9.17) is 23.2 Å². The third-order valence-corrected chi connectivity index (χ3v) is 4.52. The maximum atomic E-state index is 12.9. The first-order chi connectivity index (χ1) is 14.3. The number of aromatic nitrogens is 1. The van der Waals surface area contributed by atoms with Crippen molar-refractivity contribution in [1.29, 1.82) is 0 Å². The molecule has 3 aromatic rings. The summed E-state index contributed by atoms with van der Waals surface area (Å²) in [6.45, 7) is 0. The van der Waals surface area contributed by atoms with Crippen LogP contribution in [0.2, 0.25) is 10.0 Å². The number of anilines is 2. The Bertz CT molecular complexity index is 1080. The van der Waals surface area contributed by atoms with E-state index < -0.39 is 17.8 Å². The van der Waals surface area contributed by atoms with E-state index in [1.807, 2.05) is 0 Å². The third kappa shape index (κ3) is 5.28. The maximum Gasteiger partial charge on any atom is 0.433 e. The number of hydrogen-bond donors (Lipinski definition) is 2. The van der Waals surface area contributed by atoms with Crippen LogP contribution in [0, 0.1) is 0 Å². The van der Waals surface area contributed by atoms with Crippen molar-refractivity contribution in [3.63, 3.8) is 0 Å². The number of hydrogen-bond acceptors (Lipinski definition) is 4. The van der Waals surface area contributed by atoms with Crippen LogP contribution in [0.5, 0.6) is 0 Å². The molecule has 0 radical (unpaired) electrons. The first-order valence-electron chi connectivity index (χ1n) is 8.42. The van der Waals surface area contributed by atoms with Gasteiger partial charge in [-0.15, -0.1) is 0 Å². The molecule has 0 aliphatic carbocycles. The van der Waals surface area contributed by atoms with Crippen LogP contribution < -0.4 is 10.7 Å². The van der Waals surface area contributed by atoms with Gasteiger partial charge in [0.05, 0.1) is 27.5 Å². The van der Waals surface area contributed by atoms with Gasteiger partial charge in [-0.25, -0.2) is 5.43 Å². The van der Waals surface area contributed by atoms with E-state index in [2.05, 4.69) is 20.8 Å². The van der Waals surface area contributed by atoms with Gasteiger partial charge in [-0.05, 0) is 36.4 Å². The molecule has 5 nitrogen and oxygen atoms in total. The van der Waals surface area contributed by atoms with Gasteiger partial charge < -0.3 is 5.32 Å². The van der Waals surface area contributed by atoms with Crippen molar-refractivity contribution in [2.45, 2.75) is 6.18 Å². The summed E-state index contributed by atoms with van der Waals surface area (Å²) in [7, 11) is 0. The highest BCUT2D eigenvalue weighted by Crippen LogP contribution is 2.30. The third-order valence-electron chi connectivity index (χ3n) is 3.86. The Hall–Kier alpha value is -3.10. The molecule has 0 bridgehead atoms. The second kappa shape index (κ2) is 9.15. The smallest absolute Gasteiger partial charge is 0.355 e. The lowest BCUT2D eigenvalue weighted by Gasteiger charge is -2.12. The summed E-state index contributed by atoms with van der Waals surface area (Å²) in [5, 5.41) is 7.38. The summed E-state index contributed by atoms with van der Waals surface area (Å²) in [6.07, 6.45) is -2.24. The molecule has 10 heteroatoms. The first kappa shape index (κ1) is 21.6. The quantitative estimate of drug-likeness (QED) is 0.373. The molecule has 30 heavy (non-hydrogen) atoms. The molecular formula is C20H13Cl2F3N4O. The van der Waals surface area contributed by atoms with Crippen LogP contribution in [-0.2, 0) is 6.18 Å². The van der Waals surface area contributed by atoms with Crippen LogP contribution in [0.1, 0.15) is 21.6 Å². The highest BCUT2D eigenvalue weighted by atomic mass is 35.5. The number of alkyl halides is 3. The fourth-order valence-electron chi connectivity index (χ4n) is 2.46. The van der Waals surface area contributed by atoms with Crippen LogP contribution in [0.4, 0.5) is 24.5 Å². The number of hydrazone groups is 1. The van der Waals surface area contributed by atoms with Gasteiger partial charge in [-0.1, -0.05) is 41.4 Å². The molecule has 0 atom stereocenters. The van der Waals surface area contributed by atoms with E-state index in [1.165, 1.54) is 18.3 Å². The minimum absolute atomic E-state index is 0.129.